The van der Waals surface area contributed by atoms with Crippen LogP contribution < -0.4 is 42.8 Å². The van der Waals surface area contributed by atoms with Crippen LogP contribution in [0, 0.1) is 52.5 Å². The number of alkyl carbamates (subject to hydrolysis) is 1. The van der Waals surface area contributed by atoms with Crippen LogP contribution in [0.25, 0.3) is 43.6 Å². The van der Waals surface area contributed by atoms with Gasteiger partial charge in [-0.1, -0.05) is 69.2 Å². The molecule has 81 heavy (non-hydrogen) atoms. The van der Waals surface area contributed by atoms with Gasteiger partial charge in [0, 0.05) is 95.6 Å². The number of aryl methyl sites for hydroxylation is 6. The van der Waals surface area contributed by atoms with Crippen molar-refractivity contribution in [3.63, 3.8) is 0 Å². The summed E-state index contributed by atoms with van der Waals surface area (Å²) in [6.45, 7) is 32.8. The normalized spacial score (nSPS) is 12.9. The zero-order chi connectivity index (χ0) is 62.0. The van der Waals surface area contributed by atoms with E-state index >= 15 is 0 Å². The second-order valence-electron chi connectivity index (χ2n) is 18.0. The summed E-state index contributed by atoms with van der Waals surface area (Å²) in [4.78, 5) is 80.7. The van der Waals surface area contributed by atoms with E-state index < -0.39 is 24.1 Å². The second-order valence-corrected chi connectivity index (χ2v) is 21.6. The number of carboxylic acids is 2. The molecule has 1 radical (unpaired) electrons. The van der Waals surface area contributed by atoms with Crippen LogP contribution in [-0.2, 0) is 54.0 Å². The monoisotopic (exact) mass is 1230 g/mol. The number of carbonyl (C=O) groups excluding carboxylic acids is 1. The average Bonchev–Trinajstić information content (AvgIpc) is 3.49. The van der Waals surface area contributed by atoms with Gasteiger partial charge in [0.25, 0.3) is 34.2 Å². The number of rotatable bonds is 8. The molecule has 2 aliphatic rings. The Labute approximate surface area is 487 Å². The standard InChI is InChI=1S/C26H25N3O5.C18H19N3O3.C6H15Si.2C2H4O2.3C2H5.HN.Pd/c1-15-9-21(30)28(3)23-19(15)11-20-16(2)10-22(31)29-18(14-33-25(23)24(20)29)12-27-26(32)34-13-17-7-5-4-6-8-17;1-9-4-14(22)20(3)16-12(9)6-13-10(2)5-15(23)21-11(7-19)8-24-18(16)17(13)21;1-4-7(5-2)6-3;2*1-2(3)4;3*1-2;;/h4-11,18H,12-14H2,1-3H3,(H,27,32);4-6,11H,7-8,19H2,1-3H3;4-6H2,1-3H3;2*1H3,(H,3,4);3*1H2,2H3;1H;/q;;;;;3*-1;;. The second kappa shape index (κ2) is 35.6. The number of amides is 1. The third kappa shape index (κ3) is 18.5. The molecule has 0 saturated heterocycles. The average molecular weight is 1230 g/mol. The van der Waals surface area contributed by atoms with Gasteiger partial charge in [0.1, 0.15) is 19.8 Å². The fraction of sp³-hybridized carbons (Fsp3) is 0.400. The maximum atomic E-state index is 13.1. The minimum absolute atomic E-state index is 0.0861. The van der Waals surface area contributed by atoms with Crippen molar-refractivity contribution >= 4 is 70.4 Å². The SMILES string of the molecule is CC(=O)O.CC(=O)O.CC[Si](CC)CC.Cc1cc(=O)n(C)c2c3c4c(cc12)c(C)cc(=O)n4C(CN)CO3.Cc1cc(=O)n(C)c2c3c4c(cc12)c(C)cc(=O)n4C(CNC(=O)OCc1ccccc1)CO3.[CH2-]C.[CH2-]C.[CH2-]C.[NH]=[Pd]. The van der Waals surface area contributed by atoms with Crippen molar-refractivity contribution in [1.29, 1.82) is 3.99 Å². The van der Waals surface area contributed by atoms with Gasteiger partial charge in [0.05, 0.1) is 34.2 Å². The van der Waals surface area contributed by atoms with Gasteiger partial charge in [-0.3, -0.25) is 37.9 Å². The van der Waals surface area contributed by atoms with E-state index in [1.54, 1.807) is 77.4 Å². The van der Waals surface area contributed by atoms with Crippen molar-refractivity contribution < 1.29 is 57.8 Å². The molecular weight excluding hydrogens is 1150 g/mol. The number of carbonyl (C=O) groups is 3. The number of carboxylic acid groups (broad SMARTS) is 2. The number of nitrogens with zero attached hydrogens (tertiary/aromatic N) is 4. The van der Waals surface area contributed by atoms with Crippen molar-refractivity contribution in [2.45, 2.75) is 120 Å². The maximum absolute atomic E-state index is 13.1. The molecule has 2 unspecified atom stereocenters. The quantitative estimate of drug-likeness (QED) is 0.0539. The molecule has 7 aromatic rings. The summed E-state index contributed by atoms with van der Waals surface area (Å²) in [5.74, 6) is -0.559. The third-order valence-electron chi connectivity index (χ3n) is 12.8. The first kappa shape index (κ1) is 72.0. The molecule has 0 saturated carbocycles. The van der Waals surface area contributed by atoms with Crippen molar-refractivity contribution in [3.8, 4) is 11.5 Å². The molecule has 0 aliphatic carbocycles. The number of nitrogens with two attached hydrogens (primary N) is 1. The van der Waals surface area contributed by atoms with E-state index in [2.05, 4.69) is 46.9 Å². The van der Waals surface area contributed by atoms with Crippen molar-refractivity contribution in [2.24, 2.45) is 19.8 Å². The number of fused-ring (bicyclic) bond motifs is 4. The van der Waals surface area contributed by atoms with E-state index in [0.29, 0.717) is 35.7 Å². The molecule has 21 heteroatoms. The molecule has 1 amide bonds. The number of pyridine rings is 4. The summed E-state index contributed by atoms with van der Waals surface area (Å²) in [5, 5.41) is 21.3. The van der Waals surface area contributed by atoms with Gasteiger partial charge in [-0.2, -0.15) is 20.8 Å². The summed E-state index contributed by atoms with van der Waals surface area (Å²) < 4.78 is 29.6. The Morgan fingerprint density at radius 1 is 0.630 bits per heavy atom. The molecule has 6 heterocycles. The van der Waals surface area contributed by atoms with Gasteiger partial charge in [0.15, 0.2) is 11.5 Å². The van der Waals surface area contributed by atoms with Crippen LogP contribution in [-0.4, -0.2) is 81.6 Å². The number of nitrogens with one attached hydrogen (secondary N) is 2. The Bertz CT molecular complexity index is 3440. The summed E-state index contributed by atoms with van der Waals surface area (Å²) in [6, 6.07) is 23.7. The number of benzene rings is 3. The number of hydrogen-bond acceptors (Lipinski definition) is 12. The summed E-state index contributed by atoms with van der Waals surface area (Å²) >= 11 is 2.00. The van der Waals surface area contributed by atoms with Crippen LogP contribution in [0.15, 0.2) is 85.9 Å². The zero-order valence-electron chi connectivity index (χ0n) is 49.4. The Morgan fingerprint density at radius 3 is 1.31 bits per heavy atom. The van der Waals surface area contributed by atoms with Gasteiger partial charge in [-0.25, -0.2) is 4.79 Å². The molecular formula is C60H83N7O12PdSi-3. The molecule has 4 aromatic heterocycles. The predicted molar refractivity (Wildman–Crippen MR) is 323 cm³/mol. The van der Waals surface area contributed by atoms with E-state index in [1.807, 2.05) is 89.2 Å². The van der Waals surface area contributed by atoms with Gasteiger partial charge in [-0.15, -0.1) is 0 Å². The third-order valence-corrected chi connectivity index (χ3v) is 15.8. The van der Waals surface area contributed by atoms with Crippen LogP contribution in [0.2, 0.25) is 18.1 Å². The molecule has 0 spiro atoms. The van der Waals surface area contributed by atoms with E-state index in [9.17, 15) is 24.0 Å². The molecule has 0 bridgehead atoms. The fourth-order valence-corrected chi connectivity index (χ4v) is 10.5. The Kier molecular flexibility index (Phi) is 31.7. The minimum atomic E-state index is -0.833. The Morgan fingerprint density at radius 2 is 0.963 bits per heavy atom. The zero-order valence-corrected chi connectivity index (χ0v) is 52.0. The van der Waals surface area contributed by atoms with E-state index in [0.717, 1.165) is 74.2 Å². The predicted octanol–water partition coefficient (Wildman–Crippen LogP) is 10.2. The van der Waals surface area contributed by atoms with Gasteiger partial charge < -0.3 is 65.4 Å². The molecule has 2 aliphatic heterocycles. The molecule has 0 fully saturated rings. The van der Waals surface area contributed by atoms with E-state index in [4.69, 9.17) is 43.7 Å². The molecule has 6 N–H and O–H groups in total. The van der Waals surface area contributed by atoms with Crippen LogP contribution >= 0.6 is 0 Å². The molecule has 3 aromatic carbocycles. The Balaban J connectivity index is 0.000000604. The number of ether oxygens (including phenoxy) is 3. The van der Waals surface area contributed by atoms with Crippen molar-refractivity contribution in [3.05, 3.63) is 157 Å². The first-order valence-electron chi connectivity index (χ1n) is 26.4. The first-order valence-corrected chi connectivity index (χ1v) is 29.3. The van der Waals surface area contributed by atoms with E-state index in [1.165, 1.54) is 18.1 Å². The van der Waals surface area contributed by atoms with E-state index in [-0.39, 0.29) is 56.8 Å². The molecule has 2 atom stereocenters. The Hall–Kier alpha value is -7.05. The van der Waals surface area contributed by atoms with Gasteiger partial charge in [0.2, 0.25) is 0 Å². The summed E-state index contributed by atoms with van der Waals surface area (Å²) in [6.07, 6.45) is -0.567. The van der Waals surface area contributed by atoms with Crippen LogP contribution in [0.5, 0.6) is 11.5 Å². The molecule has 447 valence electrons. The van der Waals surface area contributed by atoms with Crippen LogP contribution in [0.4, 0.5) is 4.79 Å². The van der Waals surface area contributed by atoms with Crippen molar-refractivity contribution in [2.75, 3.05) is 26.3 Å². The fourth-order valence-electron chi connectivity index (χ4n) is 9.00. The van der Waals surface area contributed by atoms with Crippen molar-refractivity contribution in [1.82, 2.24) is 23.6 Å². The topological polar surface area (TPSA) is 269 Å². The first-order chi connectivity index (χ1) is 38.6. The number of hydrogen-bond donors (Lipinski definition) is 5. The summed E-state index contributed by atoms with van der Waals surface area (Å²) in [7, 11) is 3.56. The van der Waals surface area contributed by atoms with Gasteiger partial charge in [-0.05, 0) is 67.6 Å². The number of aliphatic carboxylic acids is 2. The van der Waals surface area contributed by atoms with Gasteiger partial charge >= 0.3 is 29.1 Å². The van der Waals surface area contributed by atoms with Crippen LogP contribution in [0.1, 0.15) is 95.3 Å². The molecule has 19 nitrogen and oxygen atoms in total. The molecule has 9 rings (SSSR count). The summed E-state index contributed by atoms with van der Waals surface area (Å²) in [5.41, 5.74) is 12.4. The number of aromatic nitrogens is 4. The van der Waals surface area contributed by atoms with Crippen LogP contribution in [0.3, 0.4) is 0 Å².